The van der Waals surface area contributed by atoms with Gasteiger partial charge in [-0.1, -0.05) is 23.7 Å². The number of aliphatic carboxylic acids is 1. The normalized spacial score (nSPS) is 10.2. The van der Waals surface area contributed by atoms with E-state index in [0.717, 1.165) is 5.56 Å². The van der Waals surface area contributed by atoms with Gasteiger partial charge in [0.25, 0.3) is 5.91 Å². The average molecular weight is 393 g/mol. The molecule has 26 heavy (non-hydrogen) atoms. The number of carboxylic acid groups (broad SMARTS) is 1. The fraction of sp³-hybridized carbons (Fsp3) is 0.167. The SMILES string of the molecule is O=C(O)CNC(=O)c1ccc(CSCC(=O)Nc2ccc(Cl)cc2)cc1. The number of anilines is 1. The first-order valence-corrected chi connectivity index (χ1v) is 9.19. The van der Waals surface area contributed by atoms with Gasteiger partial charge in [-0.15, -0.1) is 11.8 Å². The van der Waals surface area contributed by atoms with Gasteiger partial charge in [-0.3, -0.25) is 14.4 Å². The Balaban J connectivity index is 1.75. The molecule has 136 valence electrons. The summed E-state index contributed by atoms with van der Waals surface area (Å²) in [6.45, 7) is -0.417. The van der Waals surface area contributed by atoms with E-state index < -0.39 is 18.4 Å². The van der Waals surface area contributed by atoms with Crippen LogP contribution in [0.15, 0.2) is 48.5 Å². The summed E-state index contributed by atoms with van der Waals surface area (Å²) in [4.78, 5) is 34.0. The number of rotatable bonds is 8. The predicted molar refractivity (Wildman–Crippen MR) is 103 cm³/mol. The molecule has 0 atom stereocenters. The molecule has 0 saturated carbocycles. The average Bonchev–Trinajstić information content (AvgIpc) is 2.62. The second-order valence-electron chi connectivity index (χ2n) is 5.32. The molecule has 0 aromatic heterocycles. The Hall–Kier alpha value is -2.51. The highest BCUT2D eigenvalue weighted by atomic mass is 35.5. The van der Waals surface area contributed by atoms with E-state index in [4.69, 9.17) is 16.7 Å². The number of hydrogen-bond donors (Lipinski definition) is 3. The molecule has 6 nitrogen and oxygen atoms in total. The van der Waals surface area contributed by atoms with Crippen molar-refractivity contribution in [3.05, 3.63) is 64.7 Å². The molecule has 0 saturated heterocycles. The highest BCUT2D eigenvalue weighted by Crippen LogP contribution is 2.16. The van der Waals surface area contributed by atoms with Gasteiger partial charge in [0.2, 0.25) is 5.91 Å². The number of hydrogen-bond acceptors (Lipinski definition) is 4. The fourth-order valence-electron chi connectivity index (χ4n) is 2.00. The first-order valence-electron chi connectivity index (χ1n) is 7.66. The van der Waals surface area contributed by atoms with E-state index in [1.54, 1.807) is 48.5 Å². The van der Waals surface area contributed by atoms with Crippen LogP contribution in [0.3, 0.4) is 0 Å². The van der Waals surface area contributed by atoms with Gasteiger partial charge in [0.15, 0.2) is 0 Å². The number of benzene rings is 2. The van der Waals surface area contributed by atoms with E-state index >= 15 is 0 Å². The second-order valence-corrected chi connectivity index (χ2v) is 6.74. The van der Waals surface area contributed by atoms with E-state index in [0.29, 0.717) is 27.8 Å². The molecule has 3 N–H and O–H groups in total. The maximum absolute atomic E-state index is 11.9. The van der Waals surface area contributed by atoms with E-state index in [1.807, 2.05) is 0 Å². The van der Waals surface area contributed by atoms with Gasteiger partial charge in [0.05, 0.1) is 5.75 Å². The van der Waals surface area contributed by atoms with Crippen molar-refractivity contribution in [1.29, 1.82) is 0 Å². The highest BCUT2D eigenvalue weighted by Gasteiger charge is 2.07. The van der Waals surface area contributed by atoms with Gasteiger partial charge >= 0.3 is 5.97 Å². The molecule has 0 unspecified atom stereocenters. The highest BCUT2D eigenvalue weighted by molar-refractivity contribution is 7.99. The summed E-state index contributed by atoms with van der Waals surface area (Å²) in [6.07, 6.45) is 0. The van der Waals surface area contributed by atoms with Crippen LogP contribution in [0.1, 0.15) is 15.9 Å². The Morgan fingerprint density at radius 3 is 2.27 bits per heavy atom. The maximum Gasteiger partial charge on any atom is 0.322 e. The summed E-state index contributed by atoms with van der Waals surface area (Å²) in [5.74, 6) is -0.728. The van der Waals surface area contributed by atoms with E-state index in [2.05, 4.69) is 10.6 Å². The first kappa shape index (κ1) is 19.8. The van der Waals surface area contributed by atoms with E-state index in [1.165, 1.54) is 11.8 Å². The molecular weight excluding hydrogens is 376 g/mol. The molecule has 2 aromatic carbocycles. The number of carbonyl (C=O) groups excluding carboxylic acids is 2. The van der Waals surface area contributed by atoms with Crippen molar-refractivity contribution < 1.29 is 19.5 Å². The third kappa shape index (κ3) is 6.78. The van der Waals surface area contributed by atoms with E-state index in [9.17, 15) is 14.4 Å². The number of amides is 2. The Morgan fingerprint density at radius 2 is 1.65 bits per heavy atom. The summed E-state index contributed by atoms with van der Waals surface area (Å²) >= 11 is 7.24. The molecule has 2 amide bonds. The van der Waals surface area contributed by atoms with Gasteiger partial charge in [-0.25, -0.2) is 0 Å². The third-order valence-corrected chi connectivity index (χ3v) is 4.50. The molecule has 0 aliphatic carbocycles. The van der Waals surface area contributed by atoms with Crippen LogP contribution in [0.4, 0.5) is 5.69 Å². The molecular formula is C18H17ClN2O4S. The number of halogens is 1. The van der Waals surface area contributed by atoms with Gasteiger partial charge in [-0.05, 0) is 42.0 Å². The number of thioether (sulfide) groups is 1. The molecule has 0 fully saturated rings. The van der Waals surface area contributed by atoms with Crippen LogP contribution in [0.5, 0.6) is 0 Å². The van der Waals surface area contributed by atoms with Crippen LogP contribution < -0.4 is 10.6 Å². The fourth-order valence-corrected chi connectivity index (χ4v) is 2.92. The summed E-state index contributed by atoms with van der Waals surface area (Å²) in [5.41, 5.74) is 2.04. The monoisotopic (exact) mass is 392 g/mol. The van der Waals surface area contributed by atoms with Crippen molar-refractivity contribution in [2.75, 3.05) is 17.6 Å². The van der Waals surface area contributed by atoms with Crippen LogP contribution in [-0.2, 0) is 15.3 Å². The second kappa shape index (κ2) is 9.84. The summed E-state index contributed by atoms with van der Waals surface area (Å²) < 4.78 is 0. The number of carbonyl (C=O) groups is 3. The van der Waals surface area contributed by atoms with Crippen LogP contribution in [0.25, 0.3) is 0 Å². The van der Waals surface area contributed by atoms with Crippen LogP contribution in [0, 0.1) is 0 Å². The first-order chi connectivity index (χ1) is 12.4. The lowest BCUT2D eigenvalue weighted by molar-refractivity contribution is -0.135. The smallest absolute Gasteiger partial charge is 0.322 e. The van der Waals surface area contributed by atoms with Crippen LogP contribution in [-0.4, -0.2) is 35.2 Å². The minimum atomic E-state index is -1.09. The largest absolute Gasteiger partial charge is 0.480 e. The molecule has 0 bridgehead atoms. The van der Waals surface area contributed by atoms with Gasteiger partial charge < -0.3 is 15.7 Å². The molecule has 0 heterocycles. The molecule has 0 radical (unpaired) electrons. The summed E-state index contributed by atoms with van der Waals surface area (Å²) in [6, 6.07) is 13.7. The lowest BCUT2D eigenvalue weighted by Crippen LogP contribution is -2.29. The zero-order chi connectivity index (χ0) is 18.9. The minimum Gasteiger partial charge on any atom is -0.480 e. The van der Waals surface area contributed by atoms with Crippen LogP contribution in [0.2, 0.25) is 5.02 Å². The Bertz CT molecular complexity index is 779. The molecule has 0 aliphatic rings. The van der Waals surface area contributed by atoms with Crippen LogP contribution >= 0.6 is 23.4 Å². The zero-order valence-corrected chi connectivity index (χ0v) is 15.3. The summed E-state index contributed by atoms with van der Waals surface area (Å²) in [5, 5.41) is 14.2. The molecule has 0 spiro atoms. The van der Waals surface area contributed by atoms with Crippen molar-refractivity contribution in [2.24, 2.45) is 0 Å². The number of nitrogens with one attached hydrogen (secondary N) is 2. The third-order valence-electron chi connectivity index (χ3n) is 3.25. The molecule has 0 aliphatic heterocycles. The quantitative estimate of drug-likeness (QED) is 0.641. The standard InChI is InChI=1S/C18H17ClN2O4S/c19-14-5-7-15(8-6-14)21-16(22)11-26-10-12-1-3-13(4-2-12)18(25)20-9-17(23)24/h1-8H,9-11H2,(H,20,25)(H,21,22)(H,23,24). The molecule has 8 heteroatoms. The number of carboxylic acids is 1. The van der Waals surface area contributed by atoms with Crippen molar-refractivity contribution in [1.82, 2.24) is 5.32 Å². The van der Waals surface area contributed by atoms with E-state index in [-0.39, 0.29) is 5.91 Å². The van der Waals surface area contributed by atoms with Gasteiger partial charge in [0.1, 0.15) is 6.54 Å². The predicted octanol–water partition coefficient (Wildman–Crippen LogP) is 3.03. The maximum atomic E-state index is 11.9. The topological polar surface area (TPSA) is 95.5 Å². The van der Waals surface area contributed by atoms with Crippen molar-refractivity contribution in [2.45, 2.75) is 5.75 Å². The van der Waals surface area contributed by atoms with Gasteiger partial charge in [-0.2, -0.15) is 0 Å². The van der Waals surface area contributed by atoms with Crippen molar-refractivity contribution in [3.63, 3.8) is 0 Å². The Kier molecular flexibility index (Phi) is 7.50. The molecule has 2 rings (SSSR count). The van der Waals surface area contributed by atoms with Crippen molar-refractivity contribution >= 4 is 46.8 Å². The Labute approximate surface area is 159 Å². The summed E-state index contributed by atoms with van der Waals surface area (Å²) in [7, 11) is 0. The lowest BCUT2D eigenvalue weighted by atomic mass is 10.1. The Morgan fingerprint density at radius 1 is 1.00 bits per heavy atom. The van der Waals surface area contributed by atoms with Crippen molar-refractivity contribution in [3.8, 4) is 0 Å². The lowest BCUT2D eigenvalue weighted by Gasteiger charge is -2.06. The molecule has 2 aromatic rings. The zero-order valence-electron chi connectivity index (χ0n) is 13.7. The van der Waals surface area contributed by atoms with Gasteiger partial charge in [0, 0.05) is 22.0 Å². The minimum absolute atomic E-state index is 0.109.